The molecule has 0 radical (unpaired) electrons. The Kier molecular flexibility index (Phi) is 4.18. The molecule has 1 atom stereocenters. The molecule has 110 valence electrons. The zero-order valence-corrected chi connectivity index (χ0v) is 11.7. The summed E-state index contributed by atoms with van der Waals surface area (Å²) in [6.07, 6.45) is 0. The van der Waals surface area contributed by atoms with Crippen LogP contribution >= 0.6 is 11.6 Å². The Morgan fingerprint density at radius 2 is 1.95 bits per heavy atom. The van der Waals surface area contributed by atoms with E-state index in [2.05, 4.69) is 5.32 Å². The van der Waals surface area contributed by atoms with Gasteiger partial charge in [-0.15, -0.1) is 0 Å². The molecule has 0 aliphatic rings. The Balaban J connectivity index is 2.36. The van der Waals surface area contributed by atoms with Gasteiger partial charge in [-0.25, -0.2) is 9.59 Å². The van der Waals surface area contributed by atoms with E-state index >= 15 is 0 Å². The number of furan rings is 1. The predicted octanol–water partition coefficient (Wildman–Crippen LogP) is 3.18. The largest absolute Gasteiger partial charge is 0.479 e. The highest BCUT2D eigenvalue weighted by atomic mass is 35.5. The Bertz CT molecular complexity index is 694. The lowest BCUT2D eigenvalue weighted by Gasteiger charge is -2.14. The summed E-state index contributed by atoms with van der Waals surface area (Å²) >= 11 is 5.97. The molecule has 0 bridgehead atoms. The summed E-state index contributed by atoms with van der Waals surface area (Å²) in [5, 5.41) is 21.4. The second-order valence-corrected chi connectivity index (χ2v) is 4.73. The average molecular weight is 310 g/mol. The summed E-state index contributed by atoms with van der Waals surface area (Å²) in [7, 11) is 0. The first kappa shape index (κ1) is 14.9. The molecule has 1 unspecified atom stereocenters. The molecular weight excluding hydrogens is 298 g/mol. The molecule has 0 saturated heterocycles. The molecule has 2 aromatic rings. The zero-order chi connectivity index (χ0) is 15.6. The molecule has 1 heterocycles. The van der Waals surface area contributed by atoms with Gasteiger partial charge in [-0.05, 0) is 25.1 Å². The van der Waals surface area contributed by atoms with Gasteiger partial charge in [0.25, 0.3) is 0 Å². The third-order valence-electron chi connectivity index (χ3n) is 2.87. The van der Waals surface area contributed by atoms with Gasteiger partial charge in [0.15, 0.2) is 6.04 Å². The van der Waals surface area contributed by atoms with Crippen LogP contribution in [0.5, 0.6) is 0 Å². The van der Waals surface area contributed by atoms with E-state index in [1.165, 1.54) is 13.0 Å². The highest BCUT2D eigenvalue weighted by Gasteiger charge is 2.26. The highest BCUT2D eigenvalue weighted by molar-refractivity contribution is 6.33. The van der Waals surface area contributed by atoms with Gasteiger partial charge >= 0.3 is 11.9 Å². The molecule has 0 amide bonds. The van der Waals surface area contributed by atoms with Crippen molar-refractivity contribution >= 4 is 29.2 Å². The average Bonchev–Trinajstić information content (AvgIpc) is 2.79. The van der Waals surface area contributed by atoms with Crippen LogP contribution in [-0.2, 0) is 4.79 Å². The van der Waals surface area contributed by atoms with Crippen LogP contribution in [0.4, 0.5) is 5.69 Å². The number of aliphatic carboxylic acids is 1. The molecular formula is C14H12ClNO5. The number of nitrogens with one attached hydrogen (secondary N) is 1. The van der Waals surface area contributed by atoms with Gasteiger partial charge in [0.05, 0.1) is 10.7 Å². The molecule has 2 rings (SSSR count). The smallest absolute Gasteiger partial charge is 0.339 e. The van der Waals surface area contributed by atoms with Gasteiger partial charge < -0.3 is 19.9 Å². The predicted molar refractivity (Wildman–Crippen MR) is 75.9 cm³/mol. The number of para-hydroxylation sites is 1. The first-order chi connectivity index (χ1) is 9.90. The molecule has 1 aromatic carbocycles. The van der Waals surface area contributed by atoms with Crippen molar-refractivity contribution in [1.82, 2.24) is 0 Å². The van der Waals surface area contributed by atoms with E-state index in [1.54, 1.807) is 24.3 Å². The first-order valence-corrected chi connectivity index (χ1v) is 6.35. The van der Waals surface area contributed by atoms with Crippen LogP contribution < -0.4 is 5.32 Å². The number of rotatable bonds is 5. The van der Waals surface area contributed by atoms with E-state index in [0.29, 0.717) is 10.7 Å². The Hall–Kier alpha value is -2.47. The SMILES string of the molecule is Cc1oc(C(Nc2ccccc2Cl)C(=O)O)cc1C(=O)O. The molecule has 0 aliphatic heterocycles. The standard InChI is InChI=1S/C14H12ClNO5/c1-7-8(13(17)18)6-11(21-7)12(14(19)20)16-10-5-3-2-4-9(10)15/h2-6,12,16H,1H3,(H,17,18)(H,19,20). The number of carboxylic acids is 2. The van der Waals surface area contributed by atoms with Crippen LogP contribution in [0.15, 0.2) is 34.7 Å². The van der Waals surface area contributed by atoms with Crippen molar-refractivity contribution < 1.29 is 24.2 Å². The maximum absolute atomic E-state index is 11.4. The van der Waals surface area contributed by atoms with Crippen molar-refractivity contribution in [3.05, 3.63) is 52.4 Å². The van der Waals surface area contributed by atoms with Crippen molar-refractivity contribution in [2.45, 2.75) is 13.0 Å². The molecule has 0 spiro atoms. The first-order valence-electron chi connectivity index (χ1n) is 5.97. The topological polar surface area (TPSA) is 99.8 Å². The van der Waals surface area contributed by atoms with Crippen molar-refractivity contribution in [3.8, 4) is 0 Å². The van der Waals surface area contributed by atoms with Gasteiger partial charge in [-0.2, -0.15) is 0 Å². The third kappa shape index (κ3) is 3.17. The molecule has 0 aliphatic carbocycles. The quantitative estimate of drug-likeness (QED) is 0.784. The van der Waals surface area contributed by atoms with E-state index in [-0.39, 0.29) is 17.1 Å². The summed E-state index contributed by atoms with van der Waals surface area (Å²) in [5.74, 6) is -2.24. The van der Waals surface area contributed by atoms with Crippen LogP contribution in [0.3, 0.4) is 0 Å². The highest BCUT2D eigenvalue weighted by Crippen LogP contribution is 2.28. The van der Waals surface area contributed by atoms with E-state index in [9.17, 15) is 14.7 Å². The fraction of sp³-hybridized carbons (Fsp3) is 0.143. The summed E-state index contributed by atoms with van der Waals surface area (Å²) in [4.78, 5) is 22.4. The van der Waals surface area contributed by atoms with Crippen molar-refractivity contribution in [3.63, 3.8) is 0 Å². The minimum absolute atomic E-state index is 0.00248. The number of aromatic carboxylic acids is 1. The van der Waals surface area contributed by atoms with Crippen molar-refractivity contribution in [2.24, 2.45) is 0 Å². The molecule has 6 nitrogen and oxygen atoms in total. The van der Waals surface area contributed by atoms with Crippen LogP contribution in [0.2, 0.25) is 5.02 Å². The second-order valence-electron chi connectivity index (χ2n) is 4.32. The van der Waals surface area contributed by atoms with Gasteiger partial charge in [-0.1, -0.05) is 23.7 Å². The van der Waals surface area contributed by atoms with E-state index in [4.69, 9.17) is 21.1 Å². The zero-order valence-electron chi connectivity index (χ0n) is 11.0. The van der Waals surface area contributed by atoms with Gasteiger partial charge in [0.1, 0.15) is 17.1 Å². The fourth-order valence-electron chi connectivity index (χ4n) is 1.85. The number of benzene rings is 1. The third-order valence-corrected chi connectivity index (χ3v) is 3.20. The molecule has 3 N–H and O–H groups in total. The van der Waals surface area contributed by atoms with Gasteiger partial charge in [-0.3, -0.25) is 0 Å². The Morgan fingerprint density at radius 3 is 2.48 bits per heavy atom. The van der Waals surface area contributed by atoms with Crippen LogP contribution in [-0.4, -0.2) is 22.2 Å². The van der Waals surface area contributed by atoms with E-state index in [1.807, 2.05) is 0 Å². The monoisotopic (exact) mass is 309 g/mol. The summed E-state index contributed by atoms with van der Waals surface area (Å²) in [6, 6.07) is 6.59. The molecule has 0 saturated carbocycles. The van der Waals surface area contributed by atoms with Gasteiger partial charge in [0.2, 0.25) is 0 Å². The lowest BCUT2D eigenvalue weighted by molar-refractivity contribution is -0.138. The summed E-state index contributed by atoms with van der Waals surface area (Å²) < 4.78 is 5.24. The van der Waals surface area contributed by atoms with Crippen molar-refractivity contribution in [1.29, 1.82) is 0 Å². The number of carboxylic acid groups (broad SMARTS) is 2. The minimum Gasteiger partial charge on any atom is -0.479 e. The maximum atomic E-state index is 11.4. The molecule has 21 heavy (non-hydrogen) atoms. The number of hydrogen-bond donors (Lipinski definition) is 3. The number of halogens is 1. The summed E-state index contributed by atoms with van der Waals surface area (Å²) in [6.45, 7) is 1.46. The normalized spacial score (nSPS) is 11.9. The fourth-order valence-corrected chi connectivity index (χ4v) is 2.04. The number of anilines is 1. The van der Waals surface area contributed by atoms with Crippen molar-refractivity contribution in [2.75, 3.05) is 5.32 Å². The number of aryl methyl sites for hydroxylation is 1. The summed E-state index contributed by atoms with van der Waals surface area (Å²) in [5.41, 5.74) is 0.342. The molecule has 7 heteroatoms. The van der Waals surface area contributed by atoms with Crippen LogP contribution in [0.1, 0.15) is 27.9 Å². The lowest BCUT2D eigenvalue weighted by atomic mass is 10.1. The Labute approximate surface area is 125 Å². The second kappa shape index (κ2) is 5.88. The lowest BCUT2D eigenvalue weighted by Crippen LogP contribution is -2.20. The number of hydrogen-bond acceptors (Lipinski definition) is 4. The molecule has 1 aromatic heterocycles. The number of carbonyl (C=O) groups is 2. The minimum atomic E-state index is -1.24. The van der Waals surface area contributed by atoms with Crippen LogP contribution in [0, 0.1) is 6.92 Å². The van der Waals surface area contributed by atoms with Crippen LogP contribution in [0.25, 0.3) is 0 Å². The van der Waals surface area contributed by atoms with E-state index < -0.39 is 18.0 Å². The van der Waals surface area contributed by atoms with Gasteiger partial charge in [0, 0.05) is 0 Å². The Morgan fingerprint density at radius 1 is 1.29 bits per heavy atom. The van der Waals surface area contributed by atoms with E-state index in [0.717, 1.165) is 0 Å². The molecule has 0 fully saturated rings. The maximum Gasteiger partial charge on any atom is 0.339 e.